The van der Waals surface area contributed by atoms with Gasteiger partial charge in [-0.05, 0) is 17.7 Å². The number of nitrogens with zero attached hydrogens (tertiary/aromatic N) is 2. The van der Waals surface area contributed by atoms with Crippen LogP contribution < -0.4 is 10.6 Å². The summed E-state index contributed by atoms with van der Waals surface area (Å²) in [7, 11) is 1.54. The Bertz CT molecular complexity index is 761. The van der Waals surface area contributed by atoms with Crippen molar-refractivity contribution in [3.63, 3.8) is 0 Å². The SMILES string of the molecule is CNC(=O)Cc1cccc(NC(=O)c2nccnc2C(=O)O)c1. The molecule has 0 fully saturated rings. The molecule has 118 valence electrons. The zero-order chi connectivity index (χ0) is 16.8. The second kappa shape index (κ2) is 7.12. The van der Waals surface area contributed by atoms with Gasteiger partial charge in [0.2, 0.25) is 5.91 Å². The largest absolute Gasteiger partial charge is 0.476 e. The standard InChI is InChI=1S/C15H14N4O4/c1-16-11(20)8-9-3-2-4-10(7-9)19-14(21)12-13(15(22)23)18-6-5-17-12/h2-7H,8H2,1H3,(H,16,20)(H,19,21)(H,22,23). The van der Waals surface area contributed by atoms with Crippen molar-refractivity contribution in [3.05, 3.63) is 53.6 Å². The first-order chi connectivity index (χ1) is 11.0. The summed E-state index contributed by atoms with van der Waals surface area (Å²) in [4.78, 5) is 42.0. The van der Waals surface area contributed by atoms with Crippen LogP contribution in [0.1, 0.15) is 26.5 Å². The van der Waals surface area contributed by atoms with E-state index in [0.717, 1.165) is 0 Å². The zero-order valence-corrected chi connectivity index (χ0v) is 12.2. The smallest absolute Gasteiger partial charge is 0.356 e. The van der Waals surface area contributed by atoms with Crippen molar-refractivity contribution in [3.8, 4) is 0 Å². The highest BCUT2D eigenvalue weighted by atomic mass is 16.4. The second-order valence-corrected chi connectivity index (χ2v) is 4.56. The Morgan fingerprint density at radius 2 is 1.83 bits per heavy atom. The average Bonchev–Trinajstić information content (AvgIpc) is 2.55. The Hall–Kier alpha value is -3.29. The van der Waals surface area contributed by atoms with Crippen LogP contribution in [-0.2, 0) is 11.2 Å². The molecule has 2 aromatic rings. The lowest BCUT2D eigenvalue weighted by molar-refractivity contribution is -0.119. The van der Waals surface area contributed by atoms with E-state index in [9.17, 15) is 14.4 Å². The summed E-state index contributed by atoms with van der Waals surface area (Å²) in [6.45, 7) is 0. The molecule has 23 heavy (non-hydrogen) atoms. The van der Waals surface area contributed by atoms with Crippen molar-refractivity contribution in [2.24, 2.45) is 0 Å². The van der Waals surface area contributed by atoms with Crippen LogP contribution in [-0.4, -0.2) is 39.9 Å². The summed E-state index contributed by atoms with van der Waals surface area (Å²) >= 11 is 0. The quantitative estimate of drug-likeness (QED) is 0.747. The van der Waals surface area contributed by atoms with E-state index in [0.29, 0.717) is 11.3 Å². The number of amides is 2. The van der Waals surface area contributed by atoms with E-state index in [1.165, 1.54) is 19.4 Å². The molecule has 0 saturated carbocycles. The number of rotatable bonds is 5. The molecule has 8 nitrogen and oxygen atoms in total. The fourth-order valence-corrected chi connectivity index (χ4v) is 1.88. The van der Waals surface area contributed by atoms with E-state index in [1.807, 2.05) is 0 Å². The van der Waals surface area contributed by atoms with Gasteiger partial charge in [-0.25, -0.2) is 14.8 Å². The van der Waals surface area contributed by atoms with Crippen LogP contribution in [0, 0.1) is 0 Å². The Kier molecular flexibility index (Phi) is 4.98. The maximum Gasteiger partial charge on any atom is 0.356 e. The lowest BCUT2D eigenvalue weighted by Gasteiger charge is -2.08. The minimum Gasteiger partial charge on any atom is -0.476 e. The number of hydrogen-bond acceptors (Lipinski definition) is 5. The maximum atomic E-state index is 12.2. The summed E-state index contributed by atoms with van der Waals surface area (Å²) in [6, 6.07) is 6.69. The highest BCUT2D eigenvalue weighted by Gasteiger charge is 2.19. The number of likely N-dealkylation sites (N-methyl/N-ethyl adjacent to an activating group) is 1. The number of carbonyl (C=O) groups excluding carboxylic acids is 2. The average molecular weight is 314 g/mol. The van der Waals surface area contributed by atoms with E-state index < -0.39 is 17.6 Å². The molecule has 1 aromatic heterocycles. The number of anilines is 1. The van der Waals surface area contributed by atoms with Gasteiger partial charge < -0.3 is 15.7 Å². The third-order valence-electron chi connectivity index (χ3n) is 2.94. The Labute approximate surface area is 131 Å². The number of benzene rings is 1. The molecule has 0 aliphatic heterocycles. The van der Waals surface area contributed by atoms with Gasteiger partial charge in [0.05, 0.1) is 6.42 Å². The number of carbonyl (C=O) groups is 3. The molecule has 2 amide bonds. The van der Waals surface area contributed by atoms with Crippen molar-refractivity contribution in [1.82, 2.24) is 15.3 Å². The van der Waals surface area contributed by atoms with Gasteiger partial charge in [-0.3, -0.25) is 9.59 Å². The first-order valence-corrected chi connectivity index (χ1v) is 6.66. The number of aromatic nitrogens is 2. The lowest BCUT2D eigenvalue weighted by Crippen LogP contribution is -2.21. The predicted molar refractivity (Wildman–Crippen MR) is 81.2 cm³/mol. The van der Waals surface area contributed by atoms with Gasteiger partial charge in [-0.1, -0.05) is 12.1 Å². The number of carboxylic acids is 1. The van der Waals surface area contributed by atoms with Gasteiger partial charge in [-0.15, -0.1) is 0 Å². The molecule has 0 saturated heterocycles. The number of hydrogen-bond donors (Lipinski definition) is 3. The van der Waals surface area contributed by atoms with Gasteiger partial charge in [-0.2, -0.15) is 0 Å². The van der Waals surface area contributed by atoms with Gasteiger partial charge >= 0.3 is 5.97 Å². The molecule has 0 atom stereocenters. The molecule has 2 rings (SSSR count). The Balaban J connectivity index is 2.19. The summed E-state index contributed by atoms with van der Waals surface area (Å²) in [5.74, 6) is -2.18. The first-order valence-electron chi connectivity index (χ1n) is 6.66. The molecular formula is C15H14N4O4. The fourth-order valence-electron chi connectivity index (χ4n) is 1.88. The minimum absolute atomic E-state index is 0.157. The van der Waals surface area contributed by atoms with E-state index in [4.69, 9.17) is 5.11 Å². The van der Waals surface area contributed by atoms with Crippen molar-refractivity contribution in [1.29, 1.82) is 0 Å². The van der Waals surface area contributed by atoms with Crippen molar-refractivity contribution < 1.29 is 19.5 Å². The van der Waals surface area contributed by atoms with Crippen LogP contribution >= 0.6 is 0 Å². The van der Waals surface area contributed by atoms with Crippen LogP contribution in [0.15, 0.2) is 36.7 Å². The molecular weight excluding hydrogens is 300 g/mol. The number of aromatic carboxylic acids is 1. The molecule has 1 heterocycles. The highest BCUT2D eigenvalue weighted by molar-refractivity contribution is 6.08. The molecule has 0 aliphatic rings. The lowest BCUT2D eigenvalue weighted by atomic mass is 10.1. The van der Waals surface area contributed by atoms with E-state index >= 15 is 0 Å². The molecule has 3 N–H and O–H groups in total. The molecule has 0 unspecified atom stereocenters. The predicted octanol–water partition coefficient (Wildman–Crippen LogP) is 0.716. The van der Waals surface area contributed by atoms with Crippen LogP contribution in [0.4, 0.5) is 5.69 Å². The highest BCUT2D eigenvalue weighted by Crippen LogP contribution is 2.13. The summed E-state index contributed by atoms with van der Waals surface area (Å²) < 4.78 is 0. The third-order valence-corrected chi connectivity index (χ3v) is 2.94. The molecule has 0 bridgehead atoms. The van der Waals surface area contributed by atoms with Gasteiger partial charge in [0, 0.05) is 25.1 Å². The zero-order valence-electron chi connectivity index (χ0n) is 12.2. The fraction of sp³-hybridized carbons (Fsp3) is 0.133. The van der Waals surface area contributed by atoms with E-state index in [-0.39, 0.29) is 18.0 Å². The molecule has 1 aromatic carbocycles. The van der Waals surface area contributed by atoms with Crippen LogP contribution in [0.25, 0.3) is 0 Å². The van der Waals surface area contributed by atoms with Crippen LogP contribution in [0.2, 0.25) is 0 Å². The topological polar surface area (TPSA) is 121 Å². The number of nitrogens with one attached hydrogen (secondary N) is 2. The molecule has 0 radical (unpaired) electrons. The van der Waals surface area contributed by atoms with E-state index in [1.54, 1.807) is 24.3 Å². The van der Waals surface area contributed by atoms with Gasteiger partial charge in [0.15, 0.2) is 11.4 Å². The Morgan fingerprint density at radius 1 is 1.13 bits per heavy atom. The van der Waals surface area contributed by atoms with Crippen molar-refractivity contribution >= 4 is 23.5 Å². The third kappa shape index (κ3) is 4.10. The second-order valence-electron chi connectivity index (χ2n) is 4.56. The summed E-state index contributed by atoms with van der Waals surface area (Å²) in [5.41, 5.74) is 0.432. The first kappa shape index (κ1) is 16.1. The maximum absolute atomic E-state index is 12.2. The summed E-state index contributed by atoms with van der Waals surface area (Å²) in [5, 5.41) is 14.1. The summed E-state index contributed by atoms with van der Waals surface area (Å²) in [6.07, 6.45) is 2.61. The van der Waals surface area contributed by atoms with Crippen LogP contribution in [0.3, 0.4) is 0 Å². The van der Waals surface area contributed by atoms with Gasteiger partial charge in [0.25, 0.3) is 5.91 Å². The molecule has 0 aliphatic carbocycles. The monoisotopic (exact) mass is 314 g/mol. The van der Waals surface area contributed by atoms with Crippen molar-refractivity contribution in [2.45, 2.75) is 6.42 Å². The van der Waals surface area contributed by atoms with Crippen molar-refractivity contribution in [2.75, 3.05) is 12.4 Å². The number of carboxylic acid groups (broad SMARTS) is 1. The van der Waals surface area contributed by atoms with Crippen LogP contribution in [0.5, 0.6) is 0 Å². The molecule has 8 heteroatoms. The van der Waals surface area contributed by atoms with E-state index in [2.05, 4.69) is 20.6 Å². The van der Waals surface area contributed by atoms with Gasteiger partial charge in [0.1, 0.15) is 0 Å². The normalized spacial score (nSPS) is 9.96. The minimum atomic E-state index is -1.34. The Morgan fingerprint density at radius 3 is 2.48 bits per heavy atom. The molecule has 0 spiro atoms.